The van der Waals surface area contributed by atoms with Crippen LogP contribution in [0.3, 0.4) is 0 Å². The zero-order chi connectivity index (χ0) is 27.4. The molecule has 3 heterocycles. The molecule has 6 nitrogen and oxygen atoms in total. The van der Waals surface area contributed by atoms with E-state index in [1.165, 1.54) is 84.1 Å². The van der Waals surface area contributed by atoms with Crippen molar-refractivity contribution in [3.63, 3.8) is 0 Å². The number of carbonyl (C=O) groups is 1. The van der Waals surface area contributed by atoms with Crippen LogP contribution in [0.25, 0.3) is 0 Å². The number of hydrogen-bond acceptors (Lipinski definition) is 5. The highest BCUT2D eigenvalue weighted by atomic mass is 19.1. The number of piperidine rings is 1. The molecule has 0 aromatic carbocycles. The third-order valence-corrected chi connectivity index (χ3v) is 11.4. The number of piperazine rings is 1. The highest BCUT2D eigenvalue weighted by Gasteiger charge is 2.47. The fourth-order valence-electron chi connectivity index (χ4n) is 8.77. The van der Waals surface area contributed by atoms with Crippen LogP contribution in [0.5, 0.6) is 0 Å². The van der Waals surface area contributed by atoms with Gasteiger partial charge in [0.05, 0.1) is 6.04 Å². The molecule has 9 atom stereocenters. The van der Waals surface area contributed by atoms with Gasteiger partial charge in [0.25, 0.3) is 0 Å². The van der Waals surface area contributed by atoms with Crippen LogP contribution in [0.2, 0.25) is 0 Å². The fraction of sp³-hybridized carbons (Fsp3) is 0.969. The minimum absolute atomic E-state index is 0.00187. The number of rotatable bonds is 9. The van der Waals surface area contributed by atoms with E-state index in [4.69, 9.17) is 0 Å². The van der Waals surface area contributed by atoms with Crippen molar-refractivity contribution in [3.05, 3.63) is 0 Å². The van der Waals surface area contributed by atoms with E-state index in [0.717, 1.165) is 25.3 Å². The number of nitrogens with zero attached hydrogens (tertiary/aromatic N) is 2. The van der Waals surface area contributed by atoms with Crippen LogP contribution in [0.4, 0.5) is 4.39 Å². The molecule has 3 saturated heterocycles. The quantitative estimate of drug-likeness (QED) is 0.404. The largest absolute Gasteiger partial charge is 0.350 e. The summed E-state index contributed by atoms with van der Waals surface area (Å²) in [6, 6.07) is 0.397. The third-order valence-electron chi connectivity index (χ3n) is 11.4. The molecule has 224 valence electrons. The molecule has 9 unspecified atom stereocenters. The van der Waals surface area contributed by atoms with E-state index in [-0.39, 0.29) is 30.0 Å². The van der Waals surface area contributed by atoms with E-state index in [2.05, 4.69) is 46.6 Å². The summed E-state index contributed by atoms with van der Waals surface area (Å²) in [5.74, 6) is 2.63. The van der Waals surface area contributed by atoms with Gasteiger partial charge in [0.2, 0.25) is 5.91 Å². The molecule has 7 heteroatoms. The van der Waals surface area contributed by atoms with Crippen LogP contribution in [-0.2, 0) is 4.79 Å². The predicted molar refractivity (Wildman–Crippen MR) is 157 cm³/mol. The van der Waals surface area contributed by atoms with Crippen molar-refractivity contribution < 1.29 is 9.18 Å². The molecule has 0 bridgehead atoms. The lowest BCUT2D eigenvalue weighted by atomic mass is 9.77. The Morgan fingerprint density at radius 2 is 1.72 bits per heavy atom. The molecule has 2 saturated carbocycles. The molecular formula is C32H58FN5O. The number of hydrogen-bond donors (Lipinski definition) is 3. The van der Waals surface area contributed by atoms with Crippen LogP contribution >= 0.6 is 0 Å². The van der Waals surface area contributed by atoms with Crippen LogP contribution in [-0.4, -0.2) is 92.4 Å². The second kappa shape index (κ2) is 13.9. The molecule has 3 aliphatic heterocycles. The number of nitrogens with one attached hydrogen (secondary N) is 3. The van der Waals surface area contributed by atoms with Crippen molar-refractivity contribution in [2.75, 3.05) is 46.3 Å². The van der Waals surface area contributed by atoms with Gasteiger partial charge >= 0.3 is 0 Å². The summed E-state index contributed by atoms with van der Waals surface area (Å²) in [4.78, 5) is 18.7. The second-order valence-corrected chi connectivity index (χ2v) is 14.4. The lowest BCUT2D eigenvalue weighted by Gasteiger charge is -2.41. The maximum Gasteiger partial charge on any atom is 0.237 e. The van der Waals surface area contributed by atoms with E-state index >= 15 is 0 Å². The first-order valence-corrected chi connectivity index (χ1v) is 16.7. The minimum atomic E-state index is -0.763. The van der Waals surface area contributed by atoms with Crippen LogP contribution in [0, 0.1) is 29.6 Å². The predicted octanol–water partition coefficient (Wildman–Crippen LogP) is 4.20. The molecular weight excluding hydrogens is 489 g/mol. The second-order valence-electron chi connectivity index (χ2n) is 14.4. The van der Waals surface area contributed by atoms with Crippen LogP contribution < -0.4 is 16.0 Å². The lowest BCUT2D eigenvalue weighted by molar-refractivity contribution is -0.124. The Balaban J connectivity index is 1.16. The molecule has 0 aromatic heterocycles. The molecule has 3 N–H and O–H groups in total. The van der Waals surface area contributed by atoms with Gasteiger partial charge in [-0.25, -0.2) is 4.39 Å². The van der Waals surface area contributed by atoms with E-state index < -0.39 is 6.17 Å². The number of fused-ring (bicyclic) bond motifs is 1. The Morgan fingerprint density at radius 3 is 2.44 bits per heavy atom. The van der Waals surface area contributed by atoms with Gasteiger partial charge < -0.3 is 25.8 Å². The highest BCUT2D eigenvalue weighted by Crippen LogP contribution is 2.39. The van der Waals surface area contributed by atoms with E-state index in [1.807, 2.05) is 0 Å². The van der Waals surface area contributed by atoms with E-state index in [1.54, 1.807) is 0 Å². The standard InChI is InChI=1S/C32H58FN5O/c1-22-9-11-27(33)26-20-29(35-30(22)26)32(39)36-28(12-10-24-7-5-4-6-8-24)31-23(2)19-25(21-34-31)13-14-38-17-15-37(3)16-18-38/h22-31,34-35H,4-21H2,1-3H3,(H,36,39). The van der Waals surface area contributed by atoms with Crippen LogP contribution in [0.1, 0.15) is 90.9 Å². The van der Waals surface area contributed by atoms with Gasteiger partial charge in [0, 0.05) is 50.2 Å². The summed E-state index contributed by atoms with van der Waals surface area (Å²) < 4.78 is 14.7. The molecule has 2 aliphatic carbocycles. The van der Waals surface area contributed by atoms with Crippen molar-refractivity contribution in [1.29, 1.82) is 0 Å². The average Bonchev–Trinajstić information content (AvgIpc) is 3.41. The van der Waals surface area contributed by atoms with E-state index in [9.17, 15) is 9.18 Å². The average molecular weight is 548 g/mol. The summed E-state index contributed by atoms with van der Waals surface area (Å²) in [6.45, 7) is 11.7. The molecule has 5 fully saturated rings. The van der Waals surface area contributed by atoms with Gasteiger partial charge in [-0.3, -0.25) is 4.79 Å². The minimum Gasteiger partial charge on any atom is -0.350 e. The zero-order valence-electron chi connectivity index (χ0n) is 25.2. The van der Waals surface area contributed by atoms with Gasteiger partial charge in [0.1, 0.15) is 6.17 Å². The van der Waals surface area contributed by atoms with Crippen molar-refractivity contribution in [2.45, 2.75) is 121 Å². The first-order chi connectivity index (χ1) is 18.9. The van der Waals surface area contributed by atoms with Crippen molar-refractivity contribution >= 4 is 5.91 Å². The van der Waals surface area contributed by atoms with Crippen LogP contribution in [0.15, 0.2) is 0 Å². The fourth-order valence-corrected chi connectivity index (χ4v) is 8.77. The molecule has 1 amide bonds. The number of halogens is 1. The van der Waals surface area contributed by atoms with Crippen molar-refractivity contribution in [3.8, 4) is 0 Å². The summed E-state index contributed by atoms with van der Waals surface area (Å²) in [6.07, 6.45) is 13.1. The number of amides is 1. The number of carbonyl (C=O) groups excluding carboxylic acids is 1. The molecule has 0 spiro atoms. The SMILES string of the molecule is CC1CC(CCN2CCN(C)CC2)CNC1C(CCC1CCCCC1)NC(=O)C1CC2C(F)CCC(C)C2N1. The molecule has 5 rings (SSSR count). The Labute approximate surface area is 238 Å². The van der Waals surface area contributed by atoms with E-state index in [0.29, 0.717) is 36.6 Å². The summed E-state index contributed by atoms with van der Waals surface area (Å²) in [5, 5.41) is 11.1. The highest BCUT2D eigenvalue weighted by molar-refractivity contribution is 5.82. The van der Waals surface area contributed by atoms with Gasteiger partial charge in [-0.2, -0.15) is 0 Å². The lowest BCUT2D eigenvalue weighted by Crippen LogP contribution is -2.59. The monoisotopic (exact) mass is 547 g/mol. The summed E-state index contributed by atoms with van der Waals surface area (Å²) >= 11 is 0. The first kappa shape index (κ1) is 29.7. The summed E-state index contributed by atoms with van der Waals surface area (Å²) in [5.41, 5.74) is 0. The summed E-state index contributed by atoms with van der Waals surface area (Å²) in [7, 11) is 2.22. The molecule has 5 aliphatic rings. The third kappa shape index (κ3) is 7.75. The maximum atomic E-state index is 14.7. The first-order valence-electron chi connectivity index (χ1n) is 16.7. The topological polar surface area (TPSA) is 59.6 Å². The Bertz CT molecular complexity index is 752. The molecule has 39 heavy (non-hydrogen) atoms. The van der Waals surface area contributed by atoms with Gasteiger partial charge in [-0.05, 0) is 88.8 Å². The number of likely N-dealkylation sites (N-methyl/N-ethyl adjacent to an activating group) is 1. The smallest absolute Gasteiger partial charge is 0.237 e. The normalized spacial score (nSPS) is 39.8. The molecule has 0 radical (unpaired) electrons. The van der Waals surface area contributed by atoms with Crippen molar-refractivity contribution in [1.82, 2.24) is 25.8 Å². The van der Waals surface area contributed by atoms with Gasteiger partial charge in [-0.1, -0.05) is 46.0 Å². The maximum absolute atomic E-state index is 14.7. The Hall–Kier alpha value is -0.760. The number of alkyl halides is 1. The zero-order valence-corrected chi connectivity index (χ0v) is 25.2. The van der Waals surface area contributed by atoms with Gasteiger partial charge in [0.15, 0.2) is 0 Å². The van der Waals surface area contributed by atoms with Crippen molar-refractivity contribution in [2.24, 2.45) is 29.6 Å². The van der Waals surface area contributed by atoms with Gasteiger partial charge in [-0.15, -0.1) is 0 Å². The Kier molecular flexibility index (Phi) is 10.6. The molecule has 0 aromatic rings. The Morgan fingerprint density at radius 1 is 0.949 bits per heavy atom.